The molecule has 1 amide bonds. The fraction of sp³-hybridized carbons (Fsp3) is 0.350. The van der Waals surface area contributed by atoms with E-state index in [1.54, 1.807) is 6.20 Å². The summed E-state index contributed by atoms with van der Waals surface area (Å²) in [6, 6.07) is 12.9. The number of piperazine rings is 1. The van der Waals surface area contributed by atoms with Crippen molar-refractivity contribution in [2.45, 2.75) is 19.4 Å². The first kappa shape index (κ1) is 16.7. The van der Waals surface area contributed by atoms with Crippen molar-refractivity contribution >= 4 is 16.9 Å². The van der Waals surface area contributed by atoms with Gasteiger partial charge in [0.25, 0.3) is 5.91 Å². The summed E-state index contributed by atoms with van der Waals surface area (Å²) in [4.78, 5) is 28.7. The van der Waals surface area contributed by atoms with Crippen LogP contribution in [-0.4, -0.2) is 56.8 Å². The quantitative estimate of drug-likeness (QED) is 0.787. The SMILES string of the molecule is CCC(c1ccccc1)N1CCN(C(=O)c2ncnc3[nH]ccc23)CC1. The fourth-order valence-corrected chi connectivity index (χ4v) is 3.81. The maximum Gasteiger partial charge on any atom is 0.273 e. The number of nitrogens with zero attached hydrogens (tertiary/aromatic N) is 4. The Bertz CT molecular complexity index is 883. The molecule has 134 valence electrons. The van der Waals surface area contributed by atoms with Crippen LogP contribution in [0.3, 0.4) is 0 Å². The van der Waals surface area contributed by atoms with Crippen molar-refractivity contribution in [1.82, 2.24) is 24.8 Å². The van der Waals surface area contributed by atoms with E-state index in [4.69, 9.17) is 0 Å². The van der Waals surface area contributed by atoms with Crippen LogP contribution >= 0.6 is 0 Å². The first-order valence-electron chi connectivity index (χ1n) is 9.14. The Balaban J connectivity index is 1.46. The summed E-state index contributed by atoms with van der Waals surface area (Å²) in [7, 11) is 0. The van der Waals surface area contributed by atoms with Crippen molar-refractivity contribution in [2.75, 3.05) is 26.2 Å². The first-order chi connectivity index (χ1) is 12.8. The lowest BCUT2D eigenvalue weighted by Gasteiger charge is -2.39. The second-order valence-electron chi connectivity index (χ2n) is 6.63. The summed E-state index contributed by atoms with van der Waals surface area (Å²) in [6.07, 6.45) is 4.30. The molecule has 0 bridgehead atoms. The molecule has 1 N–H and O–H groups in total. The fourth-order valence-electron chi connectivity index (χ4n) is 3.81. The van der Waals surface area contributed by atoms with Gasteiger partial charge in [0.1, 0.15) is 17.7 Å². The van der Waals surface area contributed by atoms with Gasteiger partial charge >= 0.3 is 0 Å². The van der Waals surface area contributed by atoms with E-state index < -0.39 is 0 Å². The number of carbonyl (C=O) groups is 1. The van der Waals surface area contributed by atoms with Gasteiger partial charge in [-0.2, -0.15) is 0 Å². The van der Waals surface area contributed by atoms with E-state index in [2.05, 4.69) is 57.1 Å². The number of aromatic nitrogens is 3. The van der Waals surface area contributed by atoms with E-state index in [0.29, 0.717) is 17.4 Å². The molecule has 1 aliphatic heterocycles. The number of rotatable bonds is 4. The van der Waals surface area contributed by atoms with Crippen LogP contribution in [-0.2, 0) is 0 Å². The molecule has 1 fully saturated rings. The lowest BCUT2D eigenvalue weighted by molar-refractivity contribution is 0.0559. The largest absolute Gasteiger partial charge is 0.346 e. The van der Waals surface area contributed by atoms with Gasteiger partial charge in [-0.15, -0.1) is 0 Å². The van der Waals surface area contributed by atoms with Gasteiger partial charge in [0, 0.05) is 38.4 Å². The Morgan fingerprint density at radius 2 is 1.88 bits per heavy atom. The first-order valence-corrected chi connectivity index (χ1v) is 9.14. The van der Waals surface area contributed by atoms with Gasteiger partial charge in [-0.3, -0.25) is 9.69 Å². The van der Waals surface area contributed by atoms with Gasteiger partial charge in [0.2, 0.25) is 0 Å². The topological polar surface area (TPSA) is 65.1 Å². The summed E-state index contributed by atoms with van der Waals surface area (Å²) in [5.41, 5.74) is 2.54. The van der Waals surface area contributed by atoms with E-state index in [1.807, 2.05) is 11.0 Å². The Hall–Kier alpha value is -2.73. The van der Waals surface area contributed by atoms with Crippen molar-refractivity contribution in [3.8, 4) is 0 Å². The molecular formula is C20H23N5O. The number of aromatic amines is 1. The zero-order chi connectivity index (χ0) is 17.9. The molecule has 0 saturated carbocycles. The van der Waals surface area contributed by atoms with Gasteiger partial charge in [0.05, 0.1) is 5.39 Å². The summed E-state index contributed by atoms with van der Waals surface area (Å²) < 4.78 is 0. The molecule has 3 aromatic rings. The van der Waals surface area contributed by atoms with Crippen LogP contribution in [0.15, 0.2) is 48.9 Å². The molecule has 1 saturated heterocycles. The number of hydrogen-bond donors (Lipinski definition) is 1. The highest BCUT2D eigenvalue weighted by Gasteiger charge is 2.28. The van der Waals surface area contributed by atoms with Crippen LogP contribution in [0, 0.1) is 0 Å². The number of carbonyl (C=O) groups excluding carboxylic acids is 1. The maximum absolute atomic E-state index is 12.9. The Kier molecular flexibility index (Phi) is 4.67. The second-order valence-corrected chi connectivity index (χ2v) is 6.63. The predicted octanol–water partition coefficient (Wildman–Crippen LogP) is 2.87. The van der Waals surface area contributed by atoms with Crippen LogP contribution in [0.4, 0.5) is 0 Å². The standard InChI is InChI=1S/C20H23N5O/c1-2-17(15-6-4-3-5-7-15)24-10-12-25(13-11-24)20(26)18-16-8-9-21-19(16)23-14-22-18/h3-9,14,17H,2,10-13H2,1H3,(H,21,22,23). The highest BCUT2D eigenvalue weighted by atomic mass is 16.2. The molecule has 1 aliphatic rings. The van der Waals surface area contributed by atoms with E-state index in [1.165, 1.54) is 11.9 Å². The Labute approximate surface area is 152 Å². The van der Waals surface area contributed by atoms with Gasteiger partial charge in [-0.05, 0) is 18.1 Å². The third-order valence-electron chi connectivity index (χ3n) is 5.17. The summed E-state index contributed by atoms with van der Waals surface area (Å²) in [5.74, 6) is -0.00981. The zero-order valence-corrected chi connectivity index (χ0v) is 14.9. The lowest BCUT2D eigenvalue weighted by atomic mass is 10.0. The molecular weight excluding hydrogens is 326 g/mol. The highest BCUT2D eigenvalue weighted by Crippen LogP contribution is 2.25. The molecule has 1 aromatic carbocycles. The number of benzene rings is 1. The van der Waals surface area contributed by atoms with Gasteiger partial charge in [-0.25, -0.2) is 9.97 Å². The van der Waals surface area contributed by atoms with Gasteiger partial charge < -0.3 is 9.88 Å². The molecule has 0 aliphatic carbocycles. The molecule has 6 heteroatoms. The Morgan fingerprint density at radius 1 is 1.12 bits per heavy atom. The Morgan fingerprint density at radius 3 is 2.62 bits per heavy atom. The average molecular weight is 349 g/mol. The van der Waals surface area contributed by atoms with Gasteiger partial charge in [0.15, 0.2) is 0 Å². The minimum Gasteiger partial charge on any atom is -0.346 e. The highest BCUT2D eigenvalue weighted by molar-refractivity contribution is 6.03. The molecule has 1 atom stereocenters. The van der Waals surface area contributed by atoms with Crippen LogP contribution in [0.25, 0.3) is 11.0 Å². The minimum absolute atomic E-state index is 0.00981. The van der Waals surface area contributed by atoms with E-state index in [0.717, 1.165) is 38.0 Å². The normalized spacial score (nSPS) is 16.7. The number of H-pyrrole nitrogens is 1. The van der Waals surface area contributed by atoms with Crippen molar-refractivity contribution in [3.63, 3.8) is 0 Å². The summed E-state index contributed by atoms with van der Waals surface area (Å²) in [6.45, 7) is 5.41. The maximum atomic E-state index is 12.9. The number of fused-ring (bicyclic) bond motifs is 1. The molecule has 6 nitrogen and oxygen atoms in total. The van der Waals surface area contributed by atoms with Crippen LogP contribution in [0.5, 0.6) is 0 Å². The van der Waals surface area contributed by atoms with Crippen molar-refractivity contribution in [3.05, 3.63) is 60.2 Å². The molecule has 3 heterocycles. The van der Waals surface area contributed by atoms with Crippen molar-refractivity contribution in [1.29, 1.82) is 0 Å². The molecule has 2 aromatic heterocycles. The zero-order valence-electron chi connectivity index (χ0n) is 14.9. The van der Waals surface area contributed by atoms with Crippen LogP contribution in [0.1, 0.15) is 35.4 Å². The predicted molar refractivity (Wildman–Crippen MR) is 101 cm³/mol. The van der Waals surface area contributed by atoms with E-state index >= 15 is 0 Å². The minimum atomic E-state index is -0.00981. The average Bonchev–Trinajstić information content (AvgIpc) is 3.18. The molecule has 26 heavy (non-hydrogen) atoms. The van der Waals surface area contributed by atoms with Crippen LogP contribution in [0.2, 0.25) is 0 Å². The number of nitrogens with one attached hydrogen (secondary N) is 1. The molecule has 0 radical (unpaired) electrons. The number of amides is 1. The number of hydrogen-bond acceptors (Lipinski definition) is 4. The molecule has 0 spiro atoms. The lowest BCUT2D eigenvalue weighted by Crippen LogP contribution is -2.49. The van der Waals surface area contributed by atoms with Gasteiger partial charge in [-0.1, -0.05) is 37.3 Å². The van der Waals surface area contributed by atoms with E-state index in [-0.39, 0.29) is 5.91 Å². The van der Waals surface area contributed by atoms with E-state index in [9.17, 15) is 4.79 Å². The smallest absolute Gasteiger partial charge is 0.273 e. The molecule has 1 unspecified atom stereocenters. The summed E-state index contributed by atoms with van der Waals surface area (Å²) >= 11 is 0. The third-order valence-corrected chi connectivity index (χ3v) is 5.17. The second kappa shape index (κ2) is 7.25. The molecule has 4 rings (SSSR count). The van der Waals surface area contributed by atoms with Crippen LogP contribution < -0.4 is 0 Å². The monoisotopic (exact) mass is 349 g/mol. The van der Waals surface area contributed by atoms with Crippen molar-refractivity contribution in [2.24, 2.45) is 0 Å². The summed E-state index contributed by atoms with van der Waals surface area (Å²) in [5, 5.41) is 0.788. The van der Waals surface area contributed by atoms with Crippen molar-refractivity contribution < 1.29 is 4.79 Å². The third kappa shape index (κ3) is 3.08.